The zero-order valence-corrected chi connectivity index (χ0v) is 10.7. The molecule has 0 bridgehead atoms. The van der Waals surface area contributed by atoms with Gasteiger partial charge >= 0.3 is 13.3 Å². The highest BCUT2D eigenvalue weighted by atomic mass is 19.4. The van der Waals surface area contributed by atoms with Crippen LogP contribution in [0.15, 0.2) is 42.5 Å². The summed E-state index contributed by atoms with van der Waals surface area (Å²) in [6, 6.07) is 9.13. The van der Waals surface area contributed by atoms with Crippen molar-refractivity contribution in [1.29, 1.82) is 0 Å². The molecule has 0 unspecified atom stereocenters. The number of nitrogens with zero attached hydrogens (tertiary/aromatic N) is 1. The van der Waals surface area contributed by atoms with Gasteiger partial charge in [0.15, 0.2) is 0 Å². The first kappa shape index (κ1) is 15.3. The average molecular weight is 297 g/mol. The van der Waals surface area contributed by atoms with Crippen molar-refractivity contribution in [2.75, 3.05) is 0 Å². The molecule has 0 fully saturated rings. The quantitative estimate of drug-likeness (QED) is 0.837. The Morgan fingerprint density at radius 1 is 1.10 bits per heavy atom. The van der Waals surface area contributed by atoms with Gasteiger partial charge in [0.2, 0.25) is 5.88 Å². The van der Waals surface area contributed by atoms with Gasteiger partial charge in [0.05, 0.1) is 11.2 Å². The third kappa shape index (κ3) is 4.20. The van der Waals surface area contributed by atoms with Gasteiger partial charge in [-0.1, -0.05) is 18.2 Å². The lowest BCUT2D eigenvalue weighted by molar-refractivity contribution is -0.137. The molecule has 8 heteroatoms. The molecule has 2 rings (SSSR count). The van der Waals surface area contributed by atoms with Gasteiger partial charge in [-0.2, -0.15) is 13.2 Å². The van der Waals surface area contributed by atoms with E-state index in [0.29, 0.717) is 5.56 Å². The Balaban J connectivity index is 2.08. The summed E-state index contributed by atoms with van der Waals surface area (Å²) in [5, 5.41) is 17.9. The van der Waals surface area contributed by atoms with E-state index in [0.717, 1.165) is 12.1 Å². The van der Waals surface area contributed by atoms with E-state index in [2.05, 4.69) is 4.98 Å². The topological polar surface area (TPSA) is 62.6 Å². The van der Waals surface area contributed by atoms with Gasteiger partial charge in [-0.25, -0.2) is 4.98 Å². The van der Waals surface area contributed by atoms with Crippen LogP contribution in [-0.4, -0.2) is 22.2 Å². The van der Waals surface area contributed by atoms with Crippen LogP contribution in [0.25, 0.3) is 0 Å². The smallest absolute Gasteiger partial charge is 0.473 e. The van der Waals surface area contributed by atoms with Crippen LogP contribution in [0.5, 0.6) is 5.88 Å². The number of alkyl halides is 3. The van der Waals surface area contributed by atoms with Crippen molar-refractivity contribution in [3.63, 3.8) is 0 Å². The highest BCUT2D eigenvalue weighted by Gasteiger charge is 2.30. The maximum Gasteiger partial charge on any atom is 0.508 e. The lowest BCUT2D eigenvalue weighted by Crippen LogP contribution is -2.32. The van der Waals surface area contributed by atoms with Crippen LogP contribution in [-0.2, 0) is 12.8 Å². The number of halogens is 3. The molecule has 0 saturated heterocycles. The standard InChI is InChI=1S/C13H11BF3NO3/c15-13(16,17)10-4-1-3-9(7-10)8-21-12-6-2-5-11(18-12)14(19)20/h1-7,19-20H,8H2. The summed E-state index contributed by atoms with van der Waals surface area (Å²) >= 11 is 0. The minimum atomic E-state index is -4.41. The molecule has 0 aliphatic heterocycles. The fourth-order valence-corrected chi connectivity index (χ4v) is 1.65. The summed E-state index contributed by atoms with van der Waals surface area (Å²) < 4.78 is 42.9. The molecule has 0 aliphatic carbocycles. The first-order valence-corrected chi connectivity index (χ1v) is 5.98. The highest BCUT2D eigenvalue weighted by molar-refractivity contribution is 6.57. The zero-order valence-electron chi connectivity index (χ0n) is 10.7. The number of ether oxygens (including phenoxy) is 1. The van der Waals surface area contributed by atoms with Crippen molar-refractivity contribution in [3.05, 3.63) is 53.6 Å². The maximum absolute atomic E-state index is 12.6. The first-order chi connectivity index (χ1) is 9.86. The number of aromatic nitrogens is 1. The lowest BCUT2D eigenvalue weighted by atomic mass is 9.86. The molecule has 4 nitrogen and oxygen atoms in total. The van der Waals surface area contributed by atoms with Gasteiger partial charge in [0, 0.05) is 6.07 Å². The molecule has 21 heavy (non-hydrogen) atoms. The molecule has 1 aromatic carbocycles. The van der Waals surface area contributed by atoms with Gasteiger partial charge < -0.3 is 14.8 Å². The minimum absolute atomic E-state index is 0.00320. The van der Waals surface area contributed by atoms with E-state index < -0.39 is 18.9 Å². The molecule has 0 amide bonds. The van der Waals surface area contributed by atoms with Crippen molar-refractivity contribution < 1.29 is 28.0 Å². The molecule has 110 valence electrons. The number of hydrogen-bond acceptors (Lipinski definition) is 4. The van der Waals surface area contributed by atoms with Crippen molar-refractivity contribution >= 4 is 12.7 Å². The summed E-state index contributed by atoms with van der Waals surface area (Å²) in [6.45, 7) is -0.109. The van der Waals surface area contributed by atoms with Crippen LogP contribution in [0.4, 0.5) is 13.2 Å². The summed E-state index contributed by atoms with van der Waals surface area (Å²) in [6.07, 6.45) is -4.41. The normalized spacial score (nSPS) is 11.3. The van der Waals surface area contributed by atoms with Crippen LogP contribution in [0.3, 0.4) is 0 Å². The van der Waals surface area contributed by atoms with E-state index in [1.807, 2.05) is 0 Å². The van der Waals surface area contributed by atoms with E-state index >= 15 is 0 Å². The molecular weight excluding hydrogens is 286 g/mol. The highest BCUT2D eigenvalue weighted by Crippen LogP contribution is 2.29. The Kier molecular flexibility index (Phi) is 4.49. The molecule has 0 saturated carbocycles. The number of pyridine rings is 1. The molecule has 0 atom stereocenters. The second-order valence-corrected chi connectivity index (χ2v) is 4.26. The van der Waals surface area contributed by atoms with Crippen molar-refractivity contribution in [3.8, 4) is 5.88 Å². The Bertz CT molecular complexity index is 620. The number of benzene rings is 1. The van der Waals surface area contributed by atoms with E-state index in [1.165, 1.54) is 30.3 Å². The van der Waals surface area contributed by atoms with Gasteiger partial charge in [-0.15, -0.1) is 0 Å². The molecular formula is C13H11BF3NO3. The number of rotatable bonds is 4. The molecule has 2 aromatic rings. The van der Waals surface area contributed by atoms with Crippen LogP contribution in [0.2, 0.25) is 0 Å². The summed E-state index contributed by atoms with van der Waals surface area (Å²) in [5.74, 6) is 0.0954. The Labute approximate surface area is 119 Å². The van der Waals surface area contributed by atoms with Crippen molar-refractivity contribution in [2.45, 2.75) is 12.8 Å². The molecule has 2 N–H and O–H groups in total. The van der Waals surface area contributed by atoms with Gasteiger partial charge in [-0.05, 0) is 23.8 Å². The van der Waals surface area contributed by atoms with Gasteiger partial charge in [0.25, 0.3) is 0 Å². The average Bonchev–Trinajstić information content (AvgIpc) is 2.45. The van der Waals surface area contributed by atoms with Crippen molar-refractivity contribution in [1.82, 2.24) is 4.98 Å². The van der Waals surface area contributed by atoms with E-state index in [1.54, 1.807) is 0 Å². The van der Waals surface area contributed by atoms with Gasteiger partial charge in [0.1, 0.15) is 6.61 Å². The van der Waals surface area contributed by atoms with Crippen molar-refractivity contribution in [2.24, 2.45) is 0 Å². The second-order valence-electron chi connectivity index (χ2n) is 4.26. The van der Waals surface area contributed by atoms with Gasteiger partial charge in [-0.3, -0.25) is 0 Å². The fraction of sp³-hybridized carbons (Fsp3) is 0.154. The third-order valence-electron chi connectivity index (χ3n) is 2.65. The molecule has 1 heterocycles. The predicted octanol–water partition coefficient (Wildman–Crippen LogP) is 1.36. The zero-order chi connectivity index (χ0) is 15.5. The Hall–Kier alpha value is -2.06. The van der Waals surface area contributed by atoms with Crippen LogP contribution in [0.1, 0.15) is 11.1 Å². The third-order valence-corrected chi connectivity index (χ3v) is 2.65. The van der Waals surface area contributed by atoms with Crippen LogP contribution in [0, 0.1) is 0 Å². The second kappa shape index (κ2) is 6.15. The van der Waals surface area contributed by atoms with E-state index in [9.17, 15) is 13.2 Å². The van der Waals surface area contributed by atoms with E-state index in [-0.39, 0.29) is 18.1 Å². The molecule has 1 aromatic heterocycles. The fourth-order valence-electron chi connectivity index (χ4n) is 1.65. The number of hydrogen-bond donors (Lipinski definition) is 2. The summed E-state index contributed by atoms with van der Waals surface area (Å²) in [4.78, 5) is 3.81. The summed E-state index contributed by atoms with van der Waals surface area (Å²) in [7, 11) is -1.73. The predicted molar refractivity (Wildman–Crippen MR) is 69.8 cm³/mol. The summed E-state index contributed by atoms with van der Waals surface area (Å²) in [5.41, 5.74) is -0.422. The Morgan fingerprint density at radius 3 is 2.48 bits per heavy atom. The molecule has 0 spiro atoms. The van der Waals surface area contributed by atoms with Crippen LogP contribution >= 0.6 is 0 Å². The Morgan fingerprint density at radius 2 is 1.81 bits per heavy atom. The molecule has 0 aliphatic rings. The lowest BCUT2D eigenvalue weighted by Gasteiger charge is -2.10. The minimum Gasteiger partial charge on any atom is -0.473 e. The monoisotopic (exact) mass is 297 g/mol. The van der Waals surface area contributed by atoms with Crippen LogP contribution < -0.4 is 10.3 Å². The first-order valence-electron chi connectivity index (χ1n) is 5.98. The van der Waals surface area contributed by atoms with E-state index in [4.69, 9.17) is 14.8 Å². The largest absolute Gasteiger partial charge is 0.508 e. The SMILES string of the molecule is OB(O)c1cccc(OCc2cccc(C(F)(F)F)c2)n1. The molecule has 0 radical (unpaired) electrons. The maximum atomic E-state index is 12.6.